The first-order valence-corrected chi connectivity index (χ1v) is 8.03. The third-order valence-corrected chi connectivity index (χ3v) is 4.21. The van der Waals surface area contributed by atoms with Crippen molar-refractivity contribution in [1.29, 1.82) is 5.26 Å². The van der Waals surface area contributed by atoms with E-state index in [1.165, 1.54) is 6.42 Å². The maximum atomic E-state index is 9.63. The molecule has 2 heterocycles. The summed E-state index contributed by atoms with van der Waals surface area (Å²) < 4.78 is 12.7. The van der Waals surface area contributed by atoms with Crippen molar-refractivity contribution in [2.24, 2.45) is 0 Å². The van der Waals surface area contributed by atoms with Gasteiger partial charge in [-0.05, 0) is 31.1 Å². The summed E-state index contributed by atoms with van der Waals surface area (Å²) in [5.74, 6) is 2.95. The van der Waals surface area contributed by atoms with Gasteiger partial charge in [0.1, 0.15) is 23.4 Å². The van der Waals surface area contributed by atoms with Gasteiger partial charge in [-0.1, -0.05) is 6.42 Å². The molecule has 0 aliphatic carbocycles. The average molecular weight is 324 g/mol. The van der Waals surface area contributed by atoms with E-state index in [4.69, 9.17) is 9.47 Å². The molecule has 3 rings (SSSR count). The van der Waals surface area contributed by atoms with Gasteiger partial charge >= 0.3 is 0 Å². The quantitative estimate of drug-likeness (QED) is 0.808. The maximum absolute atomic E-state index is 9.63. The van der Waals surface area contributed by atoms with Gasteiger partial charge in [0, 0.05) is 24.6 Å². The van der Waals surface area contributed by atoms with Crippen LogP contribution in [0.5, 0.6) is 11.5 Å². The number of hydrogen-bond acceptors (Lipinski definition) is 5. The van der Waals surface area contributed by atoms with Crippen molar-refractivity contribution in [2.45, 2.75) is 32.2 Å². The highest BCUT2D eigenvalue weighted by Gasteiger charge is 2.18. The van der Waals surface area contributed by atoms with E-state index >= 15 is 0 Å². The van der Waals surface area contributed by atoms with Gasteiger partial charge in [-0.3, -0.25) is 0 Å². The minimum atomic E-state index is 0.485. The molecule has 124 valence electrons. The van der Waals surface area contributed by atoms with E-state index in [9.17, 15) is 5.26 Å². The van der Waals surface area contributed by atoms with Crippen LogP contribution in [0.2, 0.25) is 0 Å². The molecule has 24 heavy (non-hydrogen) atoms. The first-order valence-electron chi connectivity index (χ1n) is 8.03. The highest BCUT2D eigenvalue weighted by atomic mass is 16.5. The lowest BCUT2D eigenvalue weighted by molar-refractivity contribution is 0.394. The molecule has 0 atom stereocenters. The molecule has 6 nitrogen and oxygen atoms in total. The van der Waals surface area contributed by atoms with E-state index in [1.54, 1.807) is 26.4 Å². The van der Waals surface area contributed by atoms with Crippen molar-refractivity contribution in [1.82, 2.24) is 14.8 Å². The van der Waals surface area contributed by atoms with Gasteiger partial charge in [0.15, 0.2) is 5.82 Å². The van der Waals surface area contributed by atoms with Gasteiger partial charge in [-0.2, -0.15) is 5.26 Å². The predicted molar refractivity (Wildman–Crippen MR) is 90.6 cm³/mol. The molecule has 0 radical (unpaired) electrons. The maximum Gasteiger partial charge on any atom is 0.174 e. The summed E-state index contributed by atoms with van der Waals surface area (Å²) in [6, 6.07) is 7.76. The molecule has 0 saturated heterocycles. The summed E-state index contributed by atoms with van der Waals surface area (Å²) in [7, 11) is 3.21. The lowest BCUT2D eigenvalue weighted by Crippen LogP contribution is -2.05. The summed E-state index contributed by atoms with van der Waals surface area (Å²) >= 11 is 0. The van der Waals surface area contributed by atoms with Crippen LogP contribution in [0, 0.1) is 11.3 Å². The van der Waals surface area contributed by atoms with E-state index in [0.29, 0.717) is 22.9 Å². The normalized spacial score (nSPS) is 14.5. The Morgan fingerprint density at radius 2 is 2.08 bits per heavy atom. The number of fused-ring (bicyclic) bond motifs is 1. The molecule has 0 bridgehead atoms. The second-order valence-electron chi connectivity index (χ2n) is 5.68. The predicted octanol–water partition coefficient (Wildman–Crippen LogP) is 3.09. The molecule has 1 aromatic carbocycles. The van der Waals surface area contributed by atoms with Crippen molar-refractivity contribution < 1.29 is 9.47 Å². The Kier molecular flexibility index (Phi) is 4.80. The number of nitriles is 1. The topological polar surface area (TPSA) is 73.0 Å². The number of aromatic nitrogens is 3. The summed E-state index contributed by atoms with van der Waals surface area (Å²) in [5.41, 5.74) is 1.29. The zero-order valence-corrected chi connectivity index (χ0v) is 14.0. The third kappa shape index (κ3) is 3.11. The monoisotopic (exact) mass is 324 g/mol. The van der Waals surface area contributed by atoms with Gasteiger partial charge in [-0.25, -0.2) is 0 Å². The first-order chi connectivity index (χ1) is 11.8. The Hall–Kier alpha value is -2.81. The van der Waals surface area contributed by atoms with Crippen LogP contribution < -0.4 is 9.47 Å². The number of aryl methyl sites for hydroxylation is 1. The molecule has 0 unspecified atom stereocenters. The van der Waals surface area contributed by atoms with Crippen molar-refractivity contribution in [3.63, 3.8) is 0 Å². The Labute approximate surface area is 141 Å². The average Bonchev–Trinajstić information content (AvgIpc) is 2.87. The standard InChI is InChI=1S/C18H20N4O2/c1-23-15-8-7-13(16(11-15)24-2)10-14(12-19)18-21-20-17-6-4-3-5-9-22(17)18/h7-8,10-11H,3-6,9H2,1-2H3/b14-10+. The summed E-state index contributed by atoms with van der Waals surface area (Å²) in [4.78, 5) is 0. The van der Waals surface area contributed by atoms with Crippen molar-refractivity contribution in [3.05, 3.63) is 35.4 Å². The number of allylic oxidation sites excluding steroid dienone is 1. The number of nitrogens with zero attached hydrogens (tertiary/aromatic N) is 4. The van der Waals surface area contributed by atoms with E-state index in [-0.39, 0.29) is 0 Å². The number of hydrogen-bond donors (Lipinski definition) is 0. The van der Waals surface area contributed by atoms with Crippen molar-refractivity contribution >= 4 is 11.6 Å². The first kappa shape index (κ1) is 16.1. The Morgan fingerprint density at radius 3 is 2.83 bits per heavy atom. The van der Waals surface area contributed by atoms with Crippen molar-refractivity contribution in [3.8, 4) is 17.6 Å². The van der Waals surface area contributed by atoms with E-state index in [2.05, 4.69) is 20.8 Å². The number of rotatable bonds is 4. The molecule has 1 aliphatic rings. The fourth-order valence-corrected chi connectivity index (χ4v) is 2.92. The molecule has 1 aliphatic heterocycles. The fraction of sp³-hybridized carbons (Fsp3) is 0.389. The van der Waals surface area contributed by atoms with Crippen LogP contribution in [-0.2, 0) is 13.0 Å². The number of methoxy groups -OCH3 is 2. The minimum absolute atomic E-state index is 0.485. The van der Waals surface area contributed by atoms with Gasteiger partial charge in [0.05, 0.1) is 19.8 Å². The molecule has 0 fully saturated rings. The molecule has 0 amide bonds. The summed E-state index contributed by atoms with van der Waals surface area (Å²) in [6.45, 7) is 0.858. The summed E-state index contributed by atoms with van der Waals surface area (Å²) in [6.07, 6.45) is 6.09. The Morgan fingerprint density at radius 1 is 1.21 bits per heavy atom. The Bertz CT molecular complexity index is 802. The second kappa shape index (κ2) is 7.18. The molecule has 1 aromatic heterocycles. The van der Waals surface area contributed by atoms with Gasteiger partial charge in [0.2, 0.25) is 0 Å². The fourth-order valence-electron chi connectivity index (χ4n) is 2.92. The molecule has 2 aromatic rings. The number of ether oxygens (including phenoxy) is 2. The van der Waals surface area contributed by atoms with Gasteiger partial charge in [-0.15, -0.1) is 10.2 Å². The lowest BCUT2D eigenvalue weighted by atomic mass is 10.1. The van der Waals surface area contributed by atoms with Crippen LogP contribution in [0.1, 0.15) is 36.5 Å². The second-order valence-corrected chi connectivity index (χ2v) is 5.68. The third-order valence-electron chi connectivity index (χ3n) is 4.21. The largest absolute Gasteiger partial charge is 0.497 e. The van der Waals surface area contributed by atoms with Crippen molar-refractivity contribution in [2.75, 3.05) is 14.2 Å². The Balaban J connectivity index is 2.02. The van der Waals surface area contributed by atoms with E-state index in [1.807, 2.05) is 12.1 Å². The van der Waals surface area contributed by atoms with Crippen LogP contribution in [0.25, 0.3) is 11.6 Å². The molecular weight excluding hydrogens is 304 g/mol. The van der Waals surface area contributed by atoms with E-state index in [0.717, 1.165) is 37.2 Å². The minimum Gasteiger partial charge on any atom is -0.497 e. The van der Waals surface area contributed by atoms with Crippen LogP contribution >= 0.6 is 0 Å². The van der Waals surface area contributed by atoms with E-state index < -0.39 is 0 Å². The van der Waals surface area contributed by atoms with Crippen LogP contribution in [0.3, 0.4) is 0 Å². The van der Waals surface area contributed by atoms with Crippen LogP contribution in [0.4, 0.5) is 0 Å². The molecule has 6 heteroatoms. The zero-order valence-electron chi connectivity index (χ0n) is 14.0. The molecule has 0 N–H and O–H groups in total. The lowest BCUT2D eigenvalue weighted by Gasteiger charge is -2.09. The zero-order chi connectivity index (χ0) is 16.9. The molecule has 0 spiro atoms. The number of benzene rings is 1. The van der Waals surface area contributed by atoms with Gasteiger partial charge < -0.3 is 14.0 Å². The smallest absolute Gasteiger partial charge is 0.174 e. The SMILES string of the molecule is COc1ccc(/C=C(\C#N)c2nnc3n2CCCCC3)c(OC)c1. The molecular formula is C18H20N4O2. The highest BCUT2D eigenvalue weighted by molar-refractivity contribution is 5.88. The molecule has 0 saturated carbocycles. The van der Waals surface area contributed by atoms with Crippen LogP contribution in [-0.4, -0.2) is 29.0 Å². The van der Waals surface area contributed by atoms with Crippen LogP contribution in [0.15, 0.2) is 18.2 Å². The van der Waals surface area contributed by atoms with Gasteiger partial charge in [0.25, 0.3) is 0 Å². The summed E-state index contributed by atoms with van der Waals surface area (Å²) in [5, 5.41) is 18.2. The highest BCUT2D eigenvalue weighted by Crippen LogP contribution is 2.28.